The molecule has 0 amide bonds. The zero-order chi connectivity index (χ0) is 10.2. The molecule has 0 aliphatic carbocycles. The molecule has 0 atom stereocenters. The molecular weight excluding hydrogens is 174 g/mol. The van der Waals surface area contributed by atoms with Crippen LogP contribution in [-0.2, 0) is 0 Å². The predicted molar refractivity (Wildman–Crippen MR) is 58.0 cm³/mol. The van der Waals surface area contributed by atoms with Gasteiger partial charge in [-0.3, -0.25) is 4.90 Å². The second-order valence-electron chi connectivity index (χ2n) is 3.93. The zero-order valence-electron chi connectivity index (χ0n) is 9.13. The first-order chi connectivity index (χ1) is 6.88. The Bertz CT molecular complexity index is 179. The van der Waals surface area contributed by atoms with E-state index >= 15 is 0 Å². The molecule has 1 heterocycles. The van der Waals surface area contributed by atoms with Gasteiger partial charge in [0.1, 0.15) is 0 Å². The summed E-state index contributed by atoms with van der Waals surface area (Å²) in [6.45, 7) is 6.58. The van der Waals surface area contributed by atoms with Gasteiger partial charge in [-0.05, 0) is 38.9 Å². The Kier molecular flexibility index (Phi) is 5.58. The molecule has 1 fully saturated rings. The van der Waals surface area contributed by atoms with Crippen molar-refractivity contribution in [2.75, 3.05) is 26.2 Å². The Morgan fingerprint density at radius 1 is 1.36 bits per heavy atom. The van der Waals surface area contributed by atoms with Crippen LogP contribution in [0.2, 0.25) is 0 Å². The number of hydrogen-bond acceptors (Lipinski definition) is 3. The molecule has 1 aliphatic heterocycles. The molecular formula is C11H21N3. The summed E-state index contributed by atoms with van der Waals surface area (Å²) in [6.07, 6.45) is 4.34. The number of rotatable bonds is 5. The summed E-state index contributed by atoms with van der Waals surface area (Å²) in [7, 11) is 0. The van der Waals surface area contributed by atoms with E-state index in [2.05, 4.69) is 23.2 Å². The Labute approximate surface area is 87.1 Å². The fraction of sp³-hybridized carbons (Fsp3) is 0.909. The molecule has 0 aromatic heterocycles. The molecule has 0 bridgehead atoms. The van der Waals surface area contributed by atoms with E-state index in [-0.39, 0.29) is 0 Å². The van der Waals surface area contributed by atoms with Crippen molar-refractivity contribution in [1.29, 1.82) is 5.26 Å². The van der Waals surface area contributed by atoms with Crippen molar-refractivity contribution in [3.05, 3.63) is 0 Å². The minimum atomic E-state index is 0.671. The molecule has 0 aromatic rings. The lowest BCUT2D eigenvalue weighted by Gasteiger charge is -2.33. The molecule has 1 rings (SSSR count). The predicted octanol–water partition coefficient (Wildman–Crippen LogP) is 1.36. The molecule has 14 heavy (non-hydrogen) atoms. The van der Waals surface area contributed by atoms with Gasteiger partial charge < -0.3 is 5.32 Å². The lowest BCUT2D eigenvalue weighted by Crippen LogP contribution is -2.43. The van der Waals surface area contributed by atoms with Gasteiger partial charge in [0.05, 0.1) is 6.07 Å². The van der Waals surface area contributed by atoms with Crippen molar-refractivity contribution in [2.24, 2.45) is 0 Å². The van der Waals surface area contributed by atoms with E-state index < -0.39 is 0 Å². The molecule has 1 N–H and O–H groups in total. The van der Waals surface area contributed by atoms with Crippen molar-refractivity contribution >= 4 is 0 Å². The molecule has 3 nitrogen and oxygen atoms in total. The summed E-state index contributed by atoms with van der Waals surface area (Å²) >= 11 is 0. The van der Waals surface area contributed by atoms with E-state index in [1.807, 2.05) is 0 Å². The smallest absolute Gasteiger partial charge is 0.0635 e. The van der Waals surface area contributed by atoms with Crippen LogP contribution in [0.3, 0.4) is 0 Å². The quantitative estimate of drug-likeness (QED) is 0.720. The van der Waals surface area contributed by atoms with Gasteiger partial charge in [0.15, 0.2) is 0 Å². The molecule has 1 saturated heterocycles. The van der Waals surface area contributed by atoms with Crippen LogP contribution in [0.1, 0.15) is 32.6 Å². The van der Waals surface area contributed by atoms with E-state index in [9.17, 15) is 0 Å². The van der Waals surface area contributed by atoms with Gasteiger partial charge in [0.25, 0.3) is 0 Å². The van der Waals surface area contributed by atoms with Gasteiger partial charge in [-0.1, -0.05) is 6.92 Å². The Balaban J connectivity index is 2.35. The van der Waals surface area contributed by atoms with E-state index in [0.29, 0.717) is 12.5 Å². The summed E-state index contributed by atoms with van der Waals surface area (Å²) in [6, 6.07) is 2.95. The van der Waals surface area contributed by atoms with Crippen molar-refractivity contribution in [2.45, 2.75) is 38.6 Å². The normalized spacial score (nSPS) is 18.4. The first kappa shape index (κ1) is 11.5. The van der Waals surface area contributed by atoms with Gasteiger partial charge in [-0.25, -0.2) is 0 Å². The lowest BCUT2D eigenvalue weighted by atomic mass is 10.0. The summed E-state index contributed by atoms with van der Waals surface area (Å²) in [5.74, 6) is 0. The zero-order valence-corrected chi connectivity index (χ0v) is 9.13. The molecule has 3 heteroatoms. The minimum absolute atomic E-state index is 0.671. The van der Waals surface area contributed by atoms with E-state index in [1.54, 1.807) is 0 Å². The van der Waals surface area contributed by atoms with Gasteiger partial charge in [-0.2, -0.15) is 5.26 Å². The average Bonchev–Trinajstić information content (AvgIpc) is 2.25. The Morgan fingerprint density at radius 3 is 2.64 bits per heavy atom. The maximum atomic E-state index is 8.59. The second-order valence-corrected chi connectivity index (χ2v) is 3.93. The Hall–Kier alpha value is -0.590. The van der Waals surface area contributed by atoms with Crippen LogP contribution in [0.25, 0.3) is 0 Å². The van der Waals surface area contributed by atoms with Crippen molar-refractivity contribution in [1.82, 2.24) is 10.2 Å². The van der Waals surface area contributed by atoms with Gasteiger partial charge >= 0.3 is 0 Å². The molecule has 0 radical (unpaired) electrons. The molecule has 0 spiro atoms. The van der Waals surface area contributed by atoms with Crippen LogP contribution in [0, 0.1) is 11.3 Å². The van der Waals surface area contributed by atoms with E-state index in [1.165, 1.54) is 19.3 Å². The minimum Gasteiger partial charge on any atom is -0.317 e. The molecule has 0 unspecified atom stereocenters. The molecule has 0 aromatic carbocycles. The maximum absolute atomic E-state index is 8.59. The van der Waals surface area contributed by atoms with Crippen LogP contribution < -0.4 is 5.32 Å². The van der Waals surface area contributed by atoms with Gasteiger partial charge in [0.2, 0.25) is 0 Å². The third-order valence-corrected chi connectivity index (χ3v) is 2.85. The van der Waals surface area contributed by atoms with Gasteiger partial charge in [0, 0.05) is 19.0 Å². The highest BCUT2D eigenvalue weighted by molar-refractivity contribution is 4.80. The summed E-state index contributed by atoms with van der Waals surface area (Å²) < 4.78 is 0. The van der Waals surface area contributed by atoms with Crippen molar-refractivity contribution in [3.63, 3.8) is 0 Å². The summed E-state index contributed by atoms with van der Waals surface area (Å²) in [5.41, 5.74) is 0. The number of nitrogens with zero attached hydrogens (tertiary/aromatic N) is 2. The van der Waals surface area contributed by atoms with Crippen LogP contribution in [0.5, 0.6) is 0 Å². The fourth-order valence-corrected chi connectivity index (χ4v) is 2.13. The molecule has 1 aliphatic rings. The topological polar surface area (TPSA) is 39.1 Å². The van der Waals surface area contributed by atoms with Crippen LogP contribution >= 0.6 is 0 Å². The molecule has 80 valence electrons. The highest BCUT2D eigenvalue weighted by atomic mass is 15.2. The monoisotopic (exact) mass is 195 g/mol. The molecule has 0 saturated carbocycles. The third kappa shape index (κ3) is 3.65. The number of nitrogens with one attached hydrogen (secondary N) is 1. The highest BCUT2D eigenvalue weighted by Gasteiger charge is 2.19. The van der Waals surface area contributed by atoms with Crippen LogP contribution in [-0.4, -0.2) is 37.1 Å². The number of hydrogen-bond donors (Lipinski definition) is 1. The van der Waals surface area contributed by atoms with E-state index in [0.717, 1.165) is 26.2 Å². The highest BCUT2D eigenvalue weighted by Crippen LogP contribution is 2.12. The average molecular weight is 195 g/mol. The third-order valence-electron chi connectivity index (χ3n) is 2.85. The van der Waals surface area contributed by atoms with Crippen LogP contribution in [0.15, 0.2) is 0 Å². The number of piperidine rings is 1. The van der Waals surface area contributed by atoms with Crippen LogP contribution in [0.4, 0.5) is 0 Å². The second kappa shape index (κ2) is 6.80. The van der Waals surface area contributed by atoms with E-state index in [4.69, 9.17) is 5.26 Å². The SMILES string of the molecule is CCCN(CCC#N)C1CCNCC1. The summed E-state index contributed by atoms with van der Waals surface area (Å²) in [5, 5.41) is 12.0. The standard InChI is InChI=1S/C11H21N3/c1-2-9-14(10-3-6-12)11-4-7-13-8-5-11/h11,13H,2-5,7-10H2,1H3. The maximum Gasteiger partial charge on any atom is 0.0635 e. The first-order valence-corrected chi connectivity index (χ1v) is 5.70. The lowest BCUT2D eigenvalue weighted by molar-refractivity contribution is 0.165. The fourth-order valence-electron chi connectivity index (χ4n) is 2.13. The van der Waals surface area contributed by atoms with Gasteiger partial charge in [-0.15, -0.1) is 0 Å². The summed E-state index contributed by atoms with van der Waals surface area (Å²) in [4.78, 5) is 2.49. The largest absolute Gasteiger partial charge is 0.317 e. The van der Waals surface area contributed by atoms with Crippen molar-refractivity contribution < 1.29 is 0 Å². The number of nitriles is 1. The first-order valence-electron chi connectivity index (χ1n) is 5.70. The van der Waals surface area contributed by atoms with Crippen molar-refractivity contribution in [3.8, 4) is 6.07 Å². The Morgan fingerprint density at radius 2 is 2.07 bits per heavy atom.